The van der Waals surface area contributed by atoms with Gasteiger partial charge in [0, 0.05) is 20.5 Å². The van der Waals surface area contributed by atoms with Crippen molar-refractivity contribution in [1.29, 1.82) is 0 Å². The fraction of sp³-hybridized carbons (Fsp3) is 0.571. The van der Waals surface area contributed by atoms with Gasteiger partial charge in [-0.15, -0.1) is 0 Å². The van der Waals surface area contributed by atoms with Crippen molar-refractivity contribution in [3.63, 3.8) is 0 Å². The lowest BCUT2D eigenvalue weighted by atomic mass is 10.0. The Morgan fingerprint density at radius 3 is 2.30 bits per heavy atom. The lowest BCUT2D eigenvalue weighted by Gasteiger charge is -2.17. The zero-order chi connectivity index (χ0) is 24.3. The van der Waals surface area contributed by atoms with E-state index in [9.17, 15) is 9.59 Å². The van der Waals surface area contributed by atoms with Crippen LogP contribution in [0, 0.1) is 0 Å². The van der Waals surface area contributed by atoms with E-state index in [1.54, 1.807) is 0 Å². The minimum atomic E-state index is -0.316. The molecule has 1 N–H and O–H groups in total. The van der Waals surface area contributed by atoms with E-state index in [4.69, 9.17) is 14.6 Å². The molecule has 0 radical (unpaired) electrons. The number of aliphatic hydroxyl groups excluding tert-OH is 1. The number of carbonyl (C=O) groups excluding carboxylic acids is 2. The van der Waals surface area contributed by atoms with Crippen LogP contribution in [0.1, 0.15) is 102 Å². The molecule has 1 aromatic carbocycles. The second-order valence-electron chi connectivity index (χ2n) is 8.44. The van der Waals surface area contributed by atoms with Crippen LogP contribution < -0.4 is 0 Å². The van der Waals surface area contributed by atoms with Crippen molar-refractivity contribution >= 4 is 18.0 Å². The first-order chi connectivity index (χ1) is 16.0. The minimum absolute atomic E-state index is 0.134. The van der Waals surface area contributed by atoms with Gasteiger partial charge in [-0.1, -0.05) is 75.5 Å². The number of allylic oxidation sites excluding steroid dienone is 2. The van der Waals surface area contributed by atoms with Crippen LogP contribution in [0.3, 0.4) is 0 Å². The lowest BCUT2D eigenvalue weighted by Crippen LogP contribution is -2.13. The monoisotopic (exact) mass is 458 g/mol. The molecule has 5 heteroatoms. The number of esters is 2. The van der Waals surface area contributed by atoms with E-state index in [0.717, 1.165) is 36.8 Å². The highest BCUT2D eigenvalue weighted by molar-refractivity contribution is 5.66. The zero-order valence-electron chi connectivity index (χ0n) is 20.6. The van der Waals surface area contributed by atoms with Crippen molar-refractivity contribution in [2.75, 3.05) is 6.61 Å². The Morgan fingerprint density at radius 1 is 0.909 bits per heavy atom. The van der Waals surface area contributed by atoms with Crippen LogP contribution in [-0.2, 0) is 19.1 Å². The maximum atomic E-state index is 11.5. The van der Waals surface area contributed by atoms with Crippen LogP contribution in [-0.4, -0.2) is 29.8 Å². The summed E-state index contributed by atoms with van der Waals surface area (Å²) in [5.41, 5.74) is 1.94. The summed E-state index contributed by atoms with van der Waals surface area (Å²) >= 11 is 0. The average Bonchev–Trinajstić information content (AvgIpc) is 2.78. The van der Waals surface area contributed by atoms with E-state index in [-0.39, 0.29) is 30.8 Å². The Kier molecular flexibility index (Phi) is 15.7. The number of ether oxygens (including phenoxy) is 2. The molecule has 0 aliphatic rings. The third-order valence-corrected chi connectivity index (χ3v) is 5.35. The third kappa shape index (κ3) is 14.4. The van der Waals surface area contributed by atoms with E-state index in [0.29, 0.717) is 12.8 Å². The van der Waals surface area contributed by atoms with Gasteiger partial charge in [-0.3, -0.25) is 9.59 Å². The molecule has 0 aliphatic carbocycles. The highest BCUT2D eigenvalue weighted by Crippen LogP contribution is 2.25. The topological polar surface area (TPSA) is 72.8 Å². The summed E-state index contributed by atoms with van der Waals surface area (Å²) in [6.07, 6.45) is 17.5. The largest absolute Gasteiger partial charge is 0.458 e. The van der Waals surface area contributed by atoms with Gasteiger partial charge in [-0.05, 0) is 55.4 Å². The molecule has 2 atom stereocenters. The van der Waals surface area contributed by atoms with E-state index in [1.165, 1.54) is 39.5 Å². The zero-order valence-corrected chi connectivity index (χ0v) is 20.6. The Morgan fingerprint density at radius 2 is 1.61 bits per heavy atom. The summed E-state index contributed by atoms with van der Waals surface area (Å²) in [6.45, 7) is 5.21. The SMILES string of the molecule is CCCCCCCCC(/C=C/C=C/c1cccc(C(CCCCO)OC(C)=O)c1)OC(C)=O. The molecule has 0 amide bonds. The van der Waals surface area contributed by atoms with Crippen molar-refractivity contribution in [2.45, 2.75) is 97.2 Å². The summed E-state index contributed by atoms with van der Waals surface area (Å²) < 4.78 is 10.9. The molecule has 0 saturated carbocycles. The number of benzene rings is 1. The second kappa shape index (κ2) is 18.1. The normalized spacial score (nSPS) is 13.3. The van der Waals surface area contributed by atoms with Crippen molar-refractivity contribution < 1.29 is 24.2 Å². The summed E-state index contributed by atoms with van der Waals surface area (Å²) in [6, 6.07) is 7.90. The summed E-state index contributed by atoms with van der Waals surface area (Å²) in [5, 5.41) is 9.02. The molecule has 0 spiro atoms. The van der Waals surface area contributed by atoms with Gasteiger partial charge < -0.3 is 14.6 Å². The van der Waals surface area contributed by atoms with Crippen LogP contribution in [0.25, 0.3) is 6.08 Å². The maximum Gasteiger partial charge on any atom is 0.303 e. The average molecular weight is 459 g/mol. The van der Waals surface area contributed by atoms with Crippen molar-refractivity contribution in [3.05, 3.63) is 53.6 Å². The third-order valence-electron chi connectivity index (χ3n) is 5.35. The van der Waals surface area contributed by atoms with Crippen LogP contribution in [0.5, 0.6) is 0 Å². The van der Waals surface area contributed by atoms with E-state index < -0.39 is 0 Å². The van der Waals surface area contributed by atoms with Gasteiger partial charge in [0.2, 0.25) is 0 Å². The Bertz CT molecular complexity index is 738. The van der Waals surface area contributed by atoms with Gasteiger partial charge in [0.05, 0.1) is 0 Å². The molecular formula is C28H42O5. The number of hydrogen-bond donors (Lipinski definition) is 1. The van der Waals surface area contributed by atoms with Gasteiger partial charge in [0.1, 0.15) is 12.2 Å². The number of hydrogen-bond acceptors (Lipinski definition) is 5. The molecule has 1 rings (SSSR count). The van der Waals surface area contributed by atoms with Gasteiger partial charge >= 0.3 is 11.9 Å². The first-order valence-corrected chi connectivity index (χ1v) is 12.4. The molecule has 0 heterocycles. The lowest BCUT2D eigenvalue weighted by molar-refractivity contribution is -0.147. The standard InChI is InChI=1S/C28H42O5/c1-4-5-6-7-8-9-18-27(32-23(2)30)19-11-10-15-25-16-14-17-26(22-25)28(33-24(3)31)20-12-13-21-29/h10-11,14-17,19,22,27-29H,4-9,12-13,18,20-21H2,1-3H3/b15-10+,19-11+. The van der Waals surface area contributed by atoms with Crippen molar-refractivity contribution in [3.8, 4) is 0 Å². The number of aliphatic hydroxyl groups is 1. The van der Waals surface area contributed by atoms with Gasteiger partial charge in [-0.2, -0.15) is 0 Å². The molecule has 0 aromatic heterocycles. The highest BCUT2D eigenvalue weighted by atomic mass is 16.5. The van der Waals surface area contributed by atoms with Crippen molar-refractivity contribution in [2.24, 2.45) is 0 Å². The van der Waals surface area contributed by atoms with Gasteiger partial charge in [0.25, 0.3) is 0 Å². The molecule has 5 nitrogen and oxygen atoms in total. The second-order valence-corrected chi connectivity index (χ2v) is 8.44. The molecule has 0 bridgehead atoms. The molecule has 184 valence electrons. The summed E-state index contributed by atoms with van der Waals surface area (Å²) in [4.78, 5) is 22.9. The van der Waals surface area contributed by atoms with Crippen LogP contribution >= 0.6 is 0 Å². The van der Waals surface area contributed by atoms with Crippen LogP contribution in [0.4, 0.5) is 0 Å². The summed E-state index contributed by atoms with van der Waals surface area (Å²) in [5.74, 6) is -0.570. The predicted molar refractivity (Wildman–Crippen MR) is 134 cm³/mol. The Balaban J connectivity index is 2.69. The first kappa shape index (κ1) is 28.6. The minimum Gasteiger partial charge on any atom is -0.458 e. The predicted octanol–water partition coefficient (Wildman–Crippen LogP) is 6.71. The molecule has 0 aliphatic heterocycles. The first-order valence-electron chi connectivity index (χ1n) is 12.4. The highest BCUT2D eigenvalue weighted by Gasteiger charge is 2.14. The molecule has 0 saturated heterocycles. The fourth-order valence-corrected chi connectivity index (χ4v) is 3.69. The van der Waals surface area contributed by atoms with Crippen LogP contribution in [0.2, 0.25) is 0 Å². The number of unbranched alkanes of at least 4 members (excludes halogenated alkanes) is 6. The van der Waals surface area contributed by atoms with Gasteiger partial charge in [-0.25, -0.2) is 0 Å². The molecule has 33 heavy (non-hydrogen) atoms. The number of rotatable bonds is 17. The molecule has 0 fully saturated rings. The molecular weight excluding hydrogens is 416 g/mol. The van der Waals surface area contributed by atoms with E-state index in [1.807, 2.05) is 48.6 Å². The van der Waals surface area contributed by atoms with Crippen LogP contribution in [0.15, 0.2) is 42.5 Å². The summed E-state index contributed by atoms with van der Waals surface area (Å²) in [7, 11) is 0. The maximum absolute atomic E-state index is 11.5. The fourth-order valence-electron chi connectivity index (χ4n) is 3.69. The Labute approximate surface area is 199 Å². The van der Waals surface area contributed by atoms with E-state index in [2.05, 4.69) is 6.92 Å². The van der Waals surface area contributed by atoms with E-state index >= 15 is 0 Å². The smallest absolute Gasteiger partial charge is 0.303 e. The molecule has 2 unspecified atom stereocenters. The Hall–Kier alpha value is -2.40. The number of carbonyl (C=O) groups is 2. The quantitative estimate of drug-likeness (QED) is 0.160. The van der Waals surface area contributed by atoms with Crippen molar-refractivity contribution in [1.82, 2.24) is 0 Å². The van der Waals surface area contributed by atoms with Gasteiger partial charge in [0.15, 0.2) is 0 Å². The molecule has 1 aromatic rings.